The molecule has 4 heteroatoms. The number of benzene rings is 1. The Morgan fingerprint density at radius 2 is 1.75 bits per heavy atom. The van der Waals surface area contributed by atoms with Gasteiger partial charge in [-0.15, -0.1) is 0 Å². The van der Waals surface area contributed by atoms with Crippen LogP contribution < -0.4 is 0 Å². The predicted molar refractivity (Wildman–Crippen MR) is 48.6 cm³/mol. The monoisotopic (exact) mass is 240 g/mol. The third-order valence-corrected chi connectivity index (χ3v) is 2.27. The van der Waals surface area contributed by atoms with E-state index >= 15 is 0 Å². The molecule has 0 heterocycles. The van der Waals surface area contributed by atoms with Crippen molar-refractivity contribution in [1.29, 1.82) is 10.5 Å². The van der Waals surface area contributed by atoms with Crippen molar-refractivity contribution in [1.82, 2.24) is 0 Å². The van der Waals surface area contributed by atoms with Crippen molar-refractivity contribution in [2.75, 3.05) is 0 Å². The van der Waals surface area contributed by atoms with E-state index in [0.29, 0.717) is 20.6 Å². The third-order valence-electron chi connectivity index (χ3n) is 1.30. The molecule has 12 heavy (non-hydrogen) atoms. The summed E-state index contributed by atoms with van der Waals surface area (Å²) in [6.07, 6.45) is 0. The molecular formula is C8H2BrClN2. The molecule has 0 spiro atoms. The van der Waals surface area contributed by atoms with Gasteiger partial charge in [0.1, 0.15) is 12.1 Å². The van der Waals surface area contributed by atoms with Gasteiger partial charge in [-0.2, -0.15) is 10.5 Å². The summed E-state index contributed by atoms with van der Waals surface area (Å²) < 4.78 is 0.589. The number of hydrogen-bond donors (Lipinski definition) is 0. The van der Waals surface area contributed by atoms with Crippen molar-refractivity contribution in [3.8, 4) is 12.1 Å². The van der Waals surface area contributed by atoms with Crippen molar-refractivity contribution in [3.63, 3.8) is 0 Å². The van der Waals surface area contributed by atoms with Crippen molar-refractivity contribution in [2.45, 2.75) is 0 Å². The van der Waals surface area contributed by atoms with E-state index in [1.807, 2.05) is 12.1 Å². The summed E-state index contributed by atoms with van der Waals surface area (Å²) in [5.74, 6) is 0. The molecule has 0 bridgehead atoms. The van der Waals surface area contributed by atoms with Gasteiger partial charge in [-0.25, -0.2) is 0 Å². The lowest BCUT2D eigenvalue weighted by molar-refractivity contribution is 1.43. The summed E-state index contributed by atoms with van der Waals surface area (Å²) in [5, 5.41) is 17.5. The van der Waals surface area contributed by atoms with Crippen LogP contribution in [0.15, 0.2) is 16.6 Å². The van der Waals surface area contributed by atoms with E-state index in [9.17, 15) is 0 Å². The standard InChI is InChI=1S/C8H2BrClN2/c9-7-1-6(4-12)8(10)2-5(7)3-11/h1-2H. The molecule has 1 aromatic carbocycles. The fourth-order valence-corrected chi connectivity index (χ4v) is 1.36. The number of halogens is 2. The Morgan fingerprint density at radius 1 is 1.17 bits per heavy atom. The Kier molecular flexibility index (Phi) is 2.70. The molecule has 0 aliphatic heterocycles. The van der Waals surface area contributed by atoms with Crippen LogP contribution in [0.2, 0.25) is 5.02 Å². The Labute approximate surface area is 83.1 Å². The maximum absolute atomic E-state index is 8.58. The van der Waals surface area contributed by atoms with Crippen LogP contribution >= 0.6 is 27.5 Å². The van der Waals surface area contributed by atoms with Crippen molar-refractivity contribution in [2.24, 2.45) is 0 Å². The minimum Gasteiger partial charge on any atom is -0.192 e. The average molecular weight is 241 g/mol. The first-order chi connectivity index (χ1) is 5.69. The van der Waals surface area contributed by atoms with Crippen LogP contribution in [0, 0.1) is 22.7 Å². The normalized spacial score (nSPS) is 8.67. The van der Waals surface area contributed by atoms with Crippen molar-refractivity contribution < 1.29 is 0 Å². The Morgan fingerprint density at radius 3 is 2.25 bits per heavy atom. The van der Waals surface area contributed by atoms with E-state index in [1.165, 1.54) is 12.1 Å². The van der Waals surface area contributed by atoms with Crippen LogP contribution in [0.25, 0.3) is 0 Å². The predicted octanol–water partition coefficient (Wildman–Crippen LogP) is 2.85. The first-order valence-electron chi connectivity index (χ1n) is 2.98. The largest absolute Gasteiger partial charge is 0.192 e. The van der Waals surface area contributed by atoms with E-state index in [2.05, 4.69) is 15.9 Å². The van der Waals surface area contributed by atoms with Crippen LogP contribution in [0.4, 0.5) is 0 Å². The minimum atomic E-state index is 0.303. The van der Waals surface area contributed by atoms with E-state index in [1.54, 1.807) is 0 Å². The second-order valence-corrected chi connectivity index (χ2v) is 3.30. The third kappa shape index (κ3) is 1.58. The summed E-state index contributed by atoms with van der Waals surface area (Å²) in [6, 6.07) is 6.85. The van der Waals surface area contributed by atoms with Gasteiger partial charge in [0.25, 0.3) is 0 Å². The number of rotatable bonds is 0. The Balaban J connectivity index is 3.41. The van der Waals surface area contributed by atoms with Gasteiger partial charge < -0.3 is 0 Å². The topological polar surface area (TPSA) is 47.6 Å². The molecule has 0 atom stereocenters. The number of hydrogen-bond acceptors (Lipinski definition) is 2. The molecule has 0 aliphatic rings. The van der Waals surface area contributed by atoms with Crippen molar-refractivity contribution >= 4 is 27.5 Å². The van der Waals surface area contributed by atoms with Gasteiger partial charge in [-0.1, -0.05) is 11.6 Å². The summed E-state index contributed by atoms with van der Waals surface area (Å²) in [6.45, 7) is 0. The molecule has 2 nitrogen and oxygen atoms in total. The molecule has 0 aliphatic carbocycles. The summed E-state index contributed by atoms with van der Waals surface area (Å²) in [7, 11) is 0. The zero-order valence-electron chi connectivity index (χ0n) is 5.81. The molecule has 0 aromatic heterocycles. The fraction of sp³-hybridized carbons (Fsp3) is 0. The van der Waals surface area contributed by atoms with E-state index in [0.717, 1.165) is 0 Å². The van der Waals surface area contributed by atoms with Crippen LogP contribution in [0.3, 0.4) is 0 Å². The van der Waals surface area contributed by atoms with Crippen LogP contribution in [-0.2, 0) is 0 Å². The average Bonchev–Trinajstić information content (AvgIpc) is 2.08. The highest BCUT2D eigenvalue weighted by molar-refractivity contribution is 9.10. The Hall–Kier alpha value is -1.03. The lowest BCUT2D eigenvalue weighted by Gasteiger charge is -1.97. The maximum Gasteiger partial charge on any atom is 0.101 e. The lowest BCUT2D eigenvalue weighted by Crippen LogP contribution is -1.82. The zero-order chi connectivity index (χ0) is 9.14. The van der Waals surface area contributed by atoms with Gasteiger partial charge in [-0.05, 0) is 28.1 Å². The molecular weight excluding hydrogens is 239 g/mol. The molecule has 0 radical (unpaired) electrons. The number of nitriles is 2. The van der Waals surface area contributed by atoms with Crippen LogP contribution in [-0.4, -0.2) is 0 Å². The highest BCUT2D eigenvalue weighted by Crippen LogP contribution is 2.24. The molecule has 0 amide bonds. The smallest absolute Gasteiger partial charge is 0.101 e. The minimum absolute atomic E-state index is 0.303. The molecule has 0 fully saturated rings. The van der Waals surface area contributed by atoms with Gasteiger partial charge in [0.05, 0.1) is 16.1 Å². The van der Waals surface area contributed by atoms with Gasteiger partial charge in [0.15, 0.2) is 0 Å². The quantitative estimate of drug-likeness (QED) is 0.701. The lowest BCUT2D eigenvalue weighted by atomic mass is 10.2. The molecule has 0 saturated carbocycles. The van der Waals surface area contributed by atoms with Crippen molar-refractivity contribution in [3.05, 3.63) is 32.8 Å². The molecule has 1 rings (SSSR count). The van der Waals surface area contributed by atoms with Gasteiger partial charge in [-0.3, -0.25) is 0 Å². The zero-order valence-corrected chi connectivity index (χ0v) is 8.15. The molecule has 0 unspecified atom stereocenters. The van der Waals surface area contributed by atoms with Gasteiger partial charge in [0.2, 0.25) is 0 Å². The molecule has 0 saturated heterocycles. The molecule has 0 N–H and O–H groups in total. The van der Waals surface area contributed by atoms with Gasteiger partial charge in [0, 0.05) is 4.47 Å². The van der Waals surface area contributed by atoms with Crippen LogP contribution in [0.1, 0.15) is 11.1 Å². The summed E-state index contributed by atoms with van der Waals surface area (Å²) in [4.78, 5) is 0. The Bertz CT molecular complexity index is 361. The second kappa shape index (κ2) is 3.58. The van der Waals surface area contributed by atoms with Gasteiger partial charge >= 0.3 is 0 Å². The molecule has 1 aromatic rings. The second-order valence-electron chi connectivity index (χ2n) is 2.04. The number of nitrogens with zero attached hydrogens (tertiary/aromatic N) is 2. The van der Waals surface area contributed by atoms with E-state index < -0.39 is 0 Å². The van der Waals surface area contributed by atoms with E-state index in [4.69, 9.17) is 22.1 Å². The summed E-state index contributed by atoms with van der Waals surface area (Å²) in [5.41, 5.74) is 0.793. The highest BCUT2D eigenvalue weighted by Gasteiger charge is 2.05. The fourth-order valence-electron chi connectivity index (χ4n) is 0.718. The van der Waals surface area contributed by atoms with Crippen LogP contribution in [0.5, 0.6) is 0 Å². The first kappa shape index (κ1) is 9.06. The summed E-state index contributed by atoms with van der Waals surface area (Å²) >= 11 is 8.84. The highest BCUT2D eigenvalue weighted by atomic mass is 79.9. The maximum atomic E-state index is 8.58. The first-order valence-corrected chi connectivity index (χ1v) is 4.15. The SMILES string of the molecule is N#Cc1cc(Br)c(C#N)cc1Cl. The van der Waals surface area contributed by atoms with E-state index in [-0.39, 0.29) is 0 Å². The molecule has 58 valence electrons.